The van der Waals surface area contributed by atoms with Crippen molar-refractivity contribution in [1.29, 1.82) is 0 Å². The zero-order valence-electron chi connectivity index (χ0n) is 7.23. The lowest BCUT2D eigenvalue weighted by atomic mass is 10.0. The van der Waals surface area contributed by atoms with E-state index in [1.54, 1.807) is 0 Å². The van der Waals surface area contributed by atoms with Crippen molar-refractivity contribution in [3.05, 3.63) is 33.8 Å². The van der Waals surface area contributed by atoms with Crippen molar-refractivity contribution < 1.29 is 8.78 Å². The summed E-state index contributed by atoms with van der Waals surface area (Å²) in [6.07, 6.45) is 5.12. The second-order valence-electron chi connectivity index (χ2n) is 2.80. The Kier molecular flexibility index (Phi) is 3.62. The van der Waals surface area contributed by atoms with E-state index >= 15 is 0 Å². The Morgan fingerprint density at radius 3 is 2.36 bits per heavy atom. The first kappa shape index (κ1) is 11.2. The molecule has 1 nitrogen and oxygen atoms in total. The topological polar surface area (TPSA) is 26.0 Å². The molecular weight excluding hydrogens is 252 g/mol. The molecule has 1 rings (SSSR count). The summed E-state index contributed by atoms with van der Waals surface area (Å²) < 4.78 is 26.9. The van der Waals surface area contributed by atoms with E-state index in [4.69, 9.17) is 12.2 Å². The van der Waals surface area contributed by atoms with Crippen molar-refractivity contribution in [2.75, 3.05) is 0 Å². The molecule has 0 aliphatic rings. The first-order chi connectivity index (χ1) is 6.56. The minimum atomic E-state index is -0.798. The number of halogens is 3. The normalized spacial score (nSPS) is 12.2. The average Bonchev–Trinajstić information content (AvgIpc) is 2.01. The Balaban J connectivity index is 3.15. The standard InChI is InChI=1S/C10H8BrF2N/c1-2-3-9(14)10-7(12)4-6(11)5-8(10)13/h1,4-5,9H,3,14H2. The fourth-order valence-corrected chi connectivity index (χ4v) is 1.54. The van der Waals surface area contributed by atoms with Crippen molar-refractivity contribution in [2.24, 2.45) is 5.73 Å². The molecule has 14 heavy (non-hydrogen) atoms. The third kappa shape index (κ3) is 2.31. The molecule has 74 valence electrons. The highest BCUT2D eigenvalue weighted by molar-refractivity contribution is 9.10. The molecule has 0 saturated carbocycles. The lowest BCUT2D eigenvalue weighted by molar-refractivity contribution is 0.528. The zero-order valence-corrected chi connectivity index (χ0v) is 8.81. The molecule has 2 N–H and O–H groups in total. The molecule has 0 amide bonds. The van der Waals surface area contributed by atoms with Crippen LogP contribution in [-0.2, 0) is 0 Å². The molecule has 0 aliphatic heterocycles. The van der Waals surface area contributed by atoms with Crippen molar-refractivity contribution >= 4 is 15.9 Å². The Morgan fingerprint density at radius 2 is 1.93 bits per heavy atom. The predicted octanol–water partition coefficient (Wildman–Crippen LogP) is 2.75. The molecule has 1 aromatic rings. The number of nitrogens with two attached hydrogens (primary N) is 1. The highest BCUT2D eigenvalue weighted by Gasteiger charge is 2.16. The Labute approximate surface area is 89.4 Å². The van der Waals surface area contributed by atoms with Crippen molar-refractivity contribution in [3.63, 3.8) is 0 Å². The molecule has 0 spiro atoms. The molecule has 1 aromatic carbocycles. The first-order valence-electron chi connectivity index (χ1n) is 3.89. The molecule has 0 radical (unpaired) electrons. The van der Waals surface area contributed by atoms with Crippen LogP contribution >= 0.6 is 15.9 Å². The van der Waals surface area contributed by atoms with Crippen LogP contribution in [0.5, 0.6) is 0 Å². The van der Waals surface area contributed by atoms with Gasteiger partial charge in [-0.3, -0.25) is 0 Å². The van der Waals surface area contributed by atoms with Gasteiger partial charge in [0, 0.05) is 22.5 Å². The van der Waals surface area contributed by atoms with Crippen LogP contribution in [0.3, 0.4) is 0 Å². The van der Waals surface area contributed by atoms with Gasteiger partial charge in [0.15, 0.2) is 0 Å². The van der Waals surface area contributed by atoms with E-state index in [2.05, 4.69) is 21.9 Å². The van der Waals surface area contributed by atoms with Gasteiger partial charge in [-0.05, 0) is 12.1 Å². The largest absolute Gasteiger partial charge is 0.323 e. The summed E-state index contributed by atoms with van der Waals surface area (Å²) >= 11 is 2.97. The van der Waals surface area contributed by atoms with Gasteiger partial charge in [-0.25, -0.2) is 8.78 Å². The Morgan fingerprint density at radius 1 is 1.43 bits per heavy atom. The quantitative estimate of drug-likeness (QED) is 0.813. The van der Waals surface area contributed by atoms with Crippen LogP contribution in [0.15, 0.2) is 16.6 Å². The van der Waals surface area contributed by atoms with E-state index in [1.807, 2.05) is 0 Å². The SMILES string of the molecule is C#CCC(N)c1c(F)cc(Br)cc1F. The Hall–Kier alpha value is -0.920. The van der Waals surface area contributed by atoms with Gasteiger partial charge in [0.05, 0.1) is 0 Å². The van der Waals surface area contributed by atoms with Crippen molar-refractivity contribution in [1.82, 2.24) is 0 Å². The third-order valence-electron chi connectivity index (χ3n) is 1.75. The van der Waals surface area contributed by atoms with Crippen LogP contribution in [0.1, 0.15) is 18.0 Å². The molecular formula is C10H8BrF2N. The van der Waals surface area contributed by atoms with Gasteiger partial charge in [0.25, 0.3) is 0 Å². The van der Waals surface area contributed by atoms with Gasteiger partial charge in [-0.2, -0.15) is 0 Å². The van der Waals surface area contributed by atoms with E-state index < -0.39 is 17.7 Å². The second kappa shape index (κ2) is 4.54. The lowest BCUT2D eigenvalue weighted by Crippen LogP contribution is -2.13. The summed E-state index contributed by atoms with van der Waals surface area (Å²) in [5.41, 5.74) is 5.36. The van der Waals surface area contributed by atoms with E-state index in [1.165, 1.54) is 0 Å². The van der Waals surface area contributed by atoms with E-state index in [9.17, 15) is 8.78 Å². The summed E-state index contributed by atoms with van der Waals surface area (Å²) in [7, 11) is 0. The molecule has 0 bridgehead atoms. The molecule has 0 fully saturated rings. The lowest BCUT2D eigenvalue weighted by Gasteiger charge is -2.11. The fourth-order valence-electron chi connectivity index (χ4n) is 1.14. The van der Waals surface area contributed by atoms with Crippen LogP contribution < -0.4 is 5.73 Å². The molecule has 0 aliphatic carbocycles. The van der Waals surface area contributed by atoms with Crippen molar-refractivity contribution in [3.8, 4) is 12.3 Å². The van der Waals surface area contributed by atoms with Gasteiger partial charge in [0.2, 0.25) is 0 Å². The van der Waals surface area contributed by atoms with E-state index in [-0.39, 0.29) is 12.0 Å². The monoisotopic (exact) mass is 259 g/mol. The number of benzene rings is 1. The molecule has 0 heterocycles. The van der Waals surface area contributed by atoms with Crippen LogP contribution in [0.25, 0.3) is 0 Å². The summed E-state index contributed by atoms with van der Waals surface area (Å²) in [5.74, 6) is 0.903. The molecule has 4 heteroatoms. The molecule has 0 saturated heterocycles. The summed E-state index contributed by atoms with van der Waals surface area (Å²) in [5, 5.41) is 0. The number of rotatable bonds is 2. The summed E-state index contributed by atoms with van der Waals surface area (Å²) in [4.78, 5) is 0. The number of hydrogen-bond donors (Lipinski definition) is 1. The highest BCUT2D eigenvalue weighted by atomic mass is 79.9. The number of terminal acetylenes is 1. The van der Waals surface area contributed by atoms with E-state index in [0.29, 0.717) is 4.47 Å². The summed E-state index contributed by atoms with van der Waals surface area (Å²) in [6, 6.07) is 1.52. The highest BCUT2D eigenvalue weighted by Crippen LogP contribution is 2.24. The predicted molar refractivity (Wildman–Crippen MR) is 54.4 cm³/mol. The molecule has 0 aromatic heterocycles. The average molecular weight is 260 g/mol. The van der Waals surface area contributed by atoms with Crippen LogP contribution in [0.4, 0.5) is 8.78 Å². The number of hydrogen-bond acceptors (Lipinski definition) is 1. The van der Waals surface area contributed by atoms with Crippen LogP contribution in [0, 0.1) is 24.0 Å². The smallest absolute Gasteiger partial charge is 0.132 e. The minimum Gasteiger partial charge on any atom is -0.323 e. The maximum atomic E-state index is 13.3. The van der Waals surface area contributed by atoms with Crippen molar-refractivity contribution in [2.45, 2.75) is 12.5 Å². The van der Waals surface area contributed by atoms with Gasteiger partial charge in [-0.15, -0.1) is 12.3 Å². The Bertz CT molecular complexity index is 361. The summed E-state index contributed by atoms with van der Waals surface area (Å²) in [6.45, 7) is 0. The van der Waals surface area contributed by atoms with Crippen LogP contribution in [0.2, 0.25) is 0 Å². The van der Waals surface area contributed by atoms with Gasteiger partial charge >= 0.3 is 0 Å². The maximum absolute atomic E-state index is 13.3. The maximum Gasteiger partial charge on any atom is 0.132 e. The van der Waals surface area contributed by atoms with E-state index in [0.717, 1.165) is 12.1 Å². The van der Waals surface area contributed by atoms with Gasteiger partial charge in [-0.1, -0.05) is 15.9 Å². The third-order valence-corrected chi connectivity index (χ3v) is 2.21. The van der Waals surface area contributed by atoms with Gasteiger partial charge in [0.1, 0.15) is 11.6 Å². The van der Waals surface area contributed by atoms with Crippen LogP contribution in [-0.4, -0.2) is 0 Å². The fraction of sp³-hybridized carbons (Fsp3) is 0.200. The first-order valence-corrected chi connectivity index (χ1v) is 4.69. The van der Waals surface area contributed by atoms with Gasteiger partial charge < -0.3 is 5.73 Å². The second-order valence-corrected chi connectivity index (χ2v) is 3.71. The molecule has 1 atom stereocenters. The minimum absolute atomic E-state index is 0.107. The molecule has 1 unspecified atom stereocenters. The zero-order chi connectivity index (χ0) is 10.7.